The molecule has 5 nitrogen and oxygen atoms in total. The molecule has 1 amide bonds. The van der Waals surface area contributed by atoms with Crippen molar-refractivity contribution in [3.63, 3.8) is 0 Å². The van der Waals surface area contributed by atoms with Gasteiger partial charge in [0, 0.05) is 6.04 Å². The van der Waals surface area contributed by atoms with Crippen LogP contribution in [-0.4, -0.2) is 40.3 Å². The lowest BCUT2D eigenvalue weighted by Gasteiger charge is -2.30. The third kappa shape index (κ3) is 3.80. The van der Waals surface area contributed by atoms with E-state index in [0.717, 1.165) is 23.7 Å². The van der Waals surface area contributed by atoms with Gasteiger partial charge in [-0.3, -0.25) is 9.69 Å². The molecular weight excluding hydrogens is 324 g/mol. The summed E-state index contributed by atoms with van der Waals surface area (Å²) in [6, 6.07) is 7.30. The second-order valence-corrected chi connectivity index (χ2v) is 6.95. The summed E-state index contributed by atoms with van der Waals surface area (Å²) >= 11 is 1.50. The van der Waals surface area contributed by atoms with Gasteiger partial charge in [0.1, 0.15) is 0 Å². The van der Waals surface area contributed by atoms with E-state index in [-0.39, 0.29) is 11.9 Å². The van der Waals surface area contributed by atoms with Gasteiger partial charge in [0.25, 0.3) is 0 Å². The lowest BCUT2D eigenvalue weighted by atomic mass is 9.94. The molecule has 1 aromatic rings. The molecule has 24 heavy (non-hydrogen) atoms. The van der Waals surface area contributed by atoms with E-state index in [2.05, 4.69) is 4.99 Å². The first-order valence-electron chi connectivity index (χ1n) is 8.49. The van der Waals surface area contributed by atoms with Crippen LogP contribution in [0.25, 0.3) is 0 Å². The van der Waals surface area contributed by atoms with E-state index in [1.54, 1.807) is 31.2 Å². The molecule has 6 heteroatoms. The molecule has 2 fully saturated rings. The number of benzene rings is 1. The van der Waals surface area contributed by atoms with Gasteiger partial charge in [0.05, 0.1) is 23.6 Å². The monoisotopic (exact) mass is 346 g/mol. The van der Waals surface area contributed by atoms with Gasteiger partial charge in [0.2, 0.25) is 5.91 Å². The lowest BCUT2D eigenvalue weighted by Crippen LogP contribution is -2.40. The quantitative estimate of drug-likeness (QED) is 0.779. The minimum Gasteiger partial charge on any atom is -0.462 e. The average molecular weight is 346 g/mol. The van der Waals surface area contributed by atoms with Crippen LogP contribution in [0.1, 0.15) is 49.4 Å². The smallest absolute Gasteiger partial charge is 0.338 e. The molecule has 0 unspecified atom stereocenters. The van der Waals surface area contributed by atoms with Crippen molar-refractivity contribution in [3.05, 3.63) is 29.8 Å². The second kappa shape index (κ2) is 7.83. The zero-order valence-electron chi connectivity index (χ0n) is 13.9. The third-order valence-corrected chi connectivity index (χ3v) is 5.28. The van der Waals surface area contributed by atoms with E-state index in [0.29, 0.717) is 24.0 Å². The lowest BCUT2D eigenvalue weighted by molar-refractivity contribution is -0.126. The Labute approximate surface area is 146 Å². The van der Waals surface area contributed by atoms with Gasteiger partial charge >= 0.3 is 5.97 Å². The maximum absolute atomic E-state index is 12.3. The van der Waals surface area contributed by atoms with Crippen LogP contribution in [0, 0.1) is 0 Å². The topological polar surface area (TPSA) is 59.0 Å². The number of hydrogen-bond acceptors (Lipinski definition) is 5. The predicted octanol–water partition coefficient (Wildman–Crippen LogP) is 3.76. The van der Waals surface area contributed by atoms with Gasteiger partial charge < -0.3 is 4.74 Å². The Hall–Kier alpha value is -1.82. The van der Waals surface area contributed by atoms with Crippen molar-refractivity contribution in [1.29, 1.82) is 0 Å². The van der Waals surface area contributed by atoms with Gasteiger partial charge in [0.15, 0.2) is 5.17 Å². The highest BCUT2D eigenvalue weighted by Gasteiger charge is 2.34. The molecule has 0 aromatic heterocycles. The number of amides is 1. The highest BCUT2D eigenvalue weighted by atomic mass is 32.2. The predicted molar refractivity (Wildman–Crippen MR) is 95.7 cm³/mol. The number of nitrogens with zero attached hydrogens (tertiary/aromatic N) is 2. The van der Waals surface area contributed by atoms with Crippen molar-refractivity contribution in [2.24, 2.45) is 4.99 Å². The molecule has 1 aliphatic carbocycles. The minimum atomic E-state index is -0.328. The first-order valence-corrected chi connectivity index (χ1v) is 9.48. The van der Waals surface area contributed by atoms with Crippen LogP contribution in [0.4, 0.5) is 5.69 Å². The highest BCUT2D eigenvalue weighted by molar-refractivity contribution is 8.15. The summed E-state index contributed by atoms with van der Waals surface area (Å²) < 4.78 is 4.98. The van der Waals surface area contributed by atoms with Crippen LogP contribution in [0.2, 0.25) is 0 Å². The number of aliphatic imine (C=N–C) groups is 1. The van der Waals surface area contributed by atoms with Gasteiger partial charge in [-0.05, 0) is 44.0 Å². The van der Waals surface area contributed by atoms with E-state index >= 15 is 0 Å². The van der Waals surface area contributed by atoms with Gasteiger partial charge in [-0.1, -0.05) is 31.0 Å². The molecule has 0 atom stereocenters. The molecular formula is C18H22N2O3S. The molecule has 0 N–H and O–H groups in total. The Bertz CT molecular complexity index is 636. The van der Waals surface area contributed by atoms with Crippen molar-refractivity contribution >= 4 is 34.5 Å². The van der Waals surface area contributed by atoms with E-state index in [4.69, 9.17) is 4.74 Å². The van der Waals surface area contributed by atoms with Crippen molar-refractivity contribution in [2.45, 2.75) is 45.1 Å². The Kier molecular flexibility index (Phi) is 5.56. The van der Waals surface area contributed by atoms with Crippen molar-refractivity contribution in [2.75, 3.05) is 12.4 Å². The zero-order chi connectivity index (χ0) is 16.9. The van der Waals surface area contributed by atoms with Gasteiger partial charge in [-0.15, -0.1) is 0 Å². The molecule has 0 bridgehead atoms. The van der Waals surface area contributed by atoms with E-state index in [1.165, 1.54) is 31.0 Å². The number of carbonyl (C=O) groups is 2. The molecule has 0 spiro atoms. The maximum atomic E-state index is 12.3. The Balaban J connectivity index is 1.76. The number of rotatable bonds is 4. The summed E-state index contributed by atoms with van der Waals surface area (Å²) in [4.78, 5) is 30.5. The minimum absolute atomic E-state index is 0.161. The normalized spacial score (nSPS) is 20.6. The van der Waals surface area contributed by atoms with Gasteiger partial charge in [-0.2, -0.15) is 0 Å². The maximum Gasteiger partial charge on any atom is 0.338 e. The number of amidine groups is 1. The van der Waals surface area contributed by atoms with Gasteiger partial charge in [-0.25, -0.2) is 9.79 Å². The number of thioether (sulfide) groups is 1. The average Bonchev–Trinajstić information content (AvgIpc) is 2.97. The summed E-state index contributed by atoms with van der Waals surface area (Å²) in [6.07, 6.45) is 5.75. The summed E-state index contributed by atoms with van der Waals surface area (Å²) in [7, 11) is 0. The Morgan fingerprint density at radius 1 is 1.25 bits per heavy atom. The van der Waals surface area contributed by atoms with Crippen LogP contribution < -0.4 is 0 Å². The SMILES string of the molecule is CCOC(=O)c1ccc(N=C2SCC(=O)N2C2CCCCC2)cc1. The zero-order valence-corrected chi connectivity index (χ0v) is 14.7. The summed E-state index contributed by atoms with van der Waals surface area (Å²) in [6.45, 7) is 2.14. The van der Waals surface area contributed by atoms with E-state index in [1.807, 2.05) is 4.90 Å². The number of ether oxygens (including phenoxy) is 1. The highest BCUT2D eigenvalue weighted by Crippen LogP contribution is 2.31. The number of hydrogen-bond donors (Lipinski definition) is 0. The fourth-order valence-corrected chi connectivity index (χ4v) is 4.11. The first-order chi connectivity index (χ1) is 11.7. The van der Waals surface area contributed by atoms with Crippen LogP contribution in [0.5, 0.6) is 0 Å². The number of carbonyl (C=O) groups excluding carboxylic acids is 2. The molecule has 1 heterocycles. The fourth-order valence-electron chi connectivity index (χ4n) is 3.15. The van der Waals surface area contributed by atoms with Crippen LogP contribution >= 0.6 is 11.8 Å². The molecule has 1 aliphatic heterocycles. The van der Waals surface area contributed by atoms with Crippen LogP contribution in [0.3, 0.4) is 0 Å². The van der Waals surface area contributed by atoms with Crippen molar-refractivity contribution in [3.8, 4) is 0 Å². The largest absolute Gasteiger partial charge is 0.462 e. The molecule has 0 radical (unpaired) electrons. The summed E-state index contributed by atoms with van der Waals surface area (Å²) in [5, 5.41) is 0.788. The summed E-state index contributed by atoms with van der Waals surface area (Å²) in [5.41, 5.74) is 1.26. The Morgan fingerprint density at radius 3 is 2.62 bits per heavy atom. The van der Waals surface area contributed by atoms with E-state index in [9.17, 15) is 9.59 Å². The van der Waals surface area contributed by atoms with Crippen molar-refractivity contribution < 1.29 is 14.3 Å². The molecule has 1 saturated carbocycles. The summed E-state index contributed by atoms with van der Waals surface area (Å²) in [5.74, 6) is 0.302. The molecule has 2 aliphatic rings. The fraction of sp³-hybridized carbons (Fsp3) is 0.500. The Morgan fingerprint density at radius 2 is 1.96 bits per heavy atom. The molecule has 1 aromatic carbocycles. The molecule has 128 valence electrons. The number of esters is 1. The standard InChI is InChI=1S/C18H22N2O3S/c1-2-23-17(22)13-8-10-14(11-9-13)19-18-20(16(21)12-24-18)15-6-4-3-5-7-15/h8-11,15H,2-7,12H2,1H3. The molecule has 3 rings (SSSR count). The third-order valence-electron chi connectivity index (χ3n) is 4.34. The second-order valence-electron chi connectivity index (χ2n) is 6.01. The van der Waals surface area contributed by atoms with Crippen LogP contribution in [-0.2, 0) is 9.53 Å². The first kappa shape index (κ1) is 17.0. The molecule has 1 saturated heterocycles. The van der Waals surface area contributed by atoms with Crippen molar-refractivity contribution in [1.82, 2.24) is 4.90 Å². The van der Waals surface area contributed by atoms with E-state index < -0.39 is 0 Å². The van der Waals surface area contributed by atoms with Crippen LogP contribution in [0.15, 0.2) is 29.3 Å².